The van der Waals surface area contributed by atoms with Crippen molar-refractivity contribution in [3.63, 3.8) is 0 Å². The van der Waals surface area contributed by atoms with Crippen LogP contribution in [-0.4, -0.2) is 44.3 Å². The van der Waals surface area contributed by atoms with Gasteiger partial charge in [-0.1, -0.05) is 0 Å². The number of hydrogen-bond acceptors (Lipinski definition) is 7. The molecule has 0 aliphatic rings. The van der Waals surface area contributed by atoms with Crippen LogP contribution < -0.4 is 0 Å². The SMILES string of the molecule is O=Cc1cc([N+](=O)[O-])cc(C(O)C(O)CO)c1O. The number of phenols is 1. The minimum Gasteiger partial charge on any atom is -0.507 e. The van der Waals surface area contributed by atoms with E-state index in [1.807, 2.05) is 0 Å². The molecule has 0 heterocycles. The van der Waals surface area contributed by atoms with Crippen molar-refractivity contribution in [2.24, 2.45) is 0 Å². The number of nitro benzene ring substituents is 1. The van der Waals surface area contributed by atoms with Crippen molar-refractivity contribution in [1.29, 1.82) is 0 Å². The fraction of sp³-hybridized carbons (Fsp3) is 0.300. The number of aliphatic hydroxyl groups excluding tert-OH is 3. The number of aldehydes is 1. The summed E-state index contributed by atoms with van der Waals surface area (Å²) >= 11 is 0. The number of hydrogen-bond donors (Lipinski definition) is 4. The zero-order valence-electron chi connectivity index (χ0n) is 9.05. The number of carbonyl (C=O) groups excluding carboxylic acids is 1. The van der Waals surface area contributed by atoms with E-state index in [0.29, 0.717) is 0 Å². The van der Waals surface area contributed by atoms with Gasteiger partial charge in [0.2, 0.25) is 0 Å². The third-order valence-electron chi connectivity index (χ3n) is 2.36. The number of non-ortho nitro benzene ring substituents is 1. The Morgan fingerprint density at radius 1 is 1.39 bits per heavy atom. The third kappa shape index (κ3) is 2.62. The molecule has 0 aliphatic carbocycles. The van der Waals surface area contributed by atoms with Crippen LogP contribution in [0.15, 0.2) is 12.1 Å². The summed E-state index contributed by atoms with van der Waals surface area (Å²) in [4.78, 5) is 20.4. The van der Waals surface area contributed by atoms with Gasteiger partial charge in [0.05, 0.1) is 17.1 Å². The Labute approximate surface area is 101 Å². The lowest BCUT2D eigenvalue weighted by Gasteiger charge is -2.17. The van der Waals surface area contributed by atoms with E-state index >= 15 is 0 Å². The number of nitrogens with zero attached hydrogens (tertiary/aromatic N) is 1. The summed E-state index contributed by atoms with van der Waals surface area (Å²) in [6, 6.07) is 1.66. The number of nitro groups is 1. The van der Waals surface area contributed by atoms with Crippen molar-refractivity contribution in [1.82, 2.24) is 0 Å². The first-order chi connectivity index (χ1) is 8.42. The molecular weight excluding hydrogens is 246 g/mol. The number of aromatic hydroxyl groups is 1. The van der Waals surface area contributed by atoms with Crippen LogP contribution in [0.5, 0.6) is 5.75 Å². The summed E-state index contributed by atoms with van der Waals surface area (Å²) in [5.74, 6) is -0.671. The van der Waals surface area contributed by atoms with Gasteiger partial charge < -0.3 is 20.4 Å². The van der Waals surface area contributed by atoms with Gasteiger partial charge in [-0.25, -0.2) is 0 Å². The second-order valence-corrected chi connectivity index (χ2v) is 3.54. The maximum atomic E-state index is 10.6. The summed E-state index contributed by atoms with van der Waals surface area (Å²) in [6.07, 6.45) is -3.19. The van der Waals surface area contributed by atoms with Gasteiger partial charge in [0.1, 0.15) is 18.0 Å². The molecule has 98 valence electrons. The van der Waals surface area contributed by atoms with Crippen molar-refractivity contribution in [2.75, 3.05) is 6.61 Å². The molecule has 0 bridgehead atoms. The minimum absolute atomic E-state index is 0.184. The van der Waals surface area contributed by atoms with E-state index < -0.39 is 40.7 Å². The highest BCUT2D eigenvalue weighted by Gasteiger charge is 2.25. The van der Waals surface area contributed by atoms with Gasteiger partial charge in [-0.3, -0.25) is 14.9 Å². The molecule has 0 aromatic heterocycles. The monoisotopic (exact) mass is 257 g/mol. The van der Waals surface area contributed by atoms with Crippen molar-refractivity contribution >= 4 is 12.0 Å². The lowest BCUT2D eigenvalue weighted by molar-refractivity contribution is -0.385. The summed E-state index contributed by atoms with van der Waals surface area (Å²) in [6.45, 7) is -0.806. The Morgan fingerprint density at radius 2 is 2.00 bits per heavy atom. The standard InChI is InChI=1S/C10H11NO7/c12-3-5-1-6(11(17)18)2-7(9(5)15)10(16)8(14)4-13/h1-3,8,10,13-16H,4H2. The second kappa shape index (κ2) is 5.54. The molecule has 8 heteroatoms. The van der Waals surface area contributed by atoms with Crippen LogP contribution in [0.2, 0.25) is 0 Å². The molecule has 0 spiro atoms. The quantitative estimate of drug-likeness (QED) is 0.316. The highest BCUT2D eigenvalue weighted by atomic mass is 16.6. The molecule has 8 nitrogen and oxygen atoms in total. The van der Waals surface area contributed by atoms with Crippen LogP contribution in [0.4, 0.5) is 5.69 Å². The van der Waals surface area contributed by atoms with Crippen LogP contribution in [-0.2, 0) is 0 Å². The Balaban J connectivity index is 3.37. The van der Waals surface area contributed by atoms with Crippen LogP contribution in [0.1, 0.15) is 22.0 Å². The molecule has 1 aromatic rings. The second-order valence-electron chi connectivity index (χ2n) is 3.54. The van der Waals surface area contributed by atoms with Gasteiger partial charge in [-0.15, -0.1) is 0 Å². The zero-order chi connectivity index (χ0) is 13.9. The van der Waals surface area contributed by atoms with Gasteiger partial charge in [-0.2, -0.15) is 0 Å². The highest BCUT2D eigenvalue weighted by molar-refractivity contribution is 5.81. The molecule has 0 radical (unpaired) electrons. The fourth-order valence-electron chi connectivity index (χ4n) is 1.39. The predicted molar refractivity (Wildman–Crippen MR) is 58.2 cm³/mol. The van der Waals surface area contributed by atoms with Gasteiger partial charge in [-0.05, 0) is 0 Å². The van der Waals surface area contributed by atoms with Gasteiger partial charge in [0, 0.05) is 17.7 Å². The lowest BCUT2D eigenvalue weighted by Crippen LogP contribution is -2.22. The molecule has 1 rings (SSSR count). The van der Waals surface area contributed by atoms with Gasteiger partial charge in [0.25, 0.3) is 5.69 Å². The summed E-state index contributed by atoms with van der Waals surface area (Å²) in [5.41, 5.74) is -1.30. The lowest BCUT2D eigenvalue weighted by atomic mass is 10.00. The molecule has 4 N–H and O–H groups in total. The maximum absolute atomic E-state index is 10.6. The molecule has 0 amide bonds. The van der Waals surface area contributed by atoms with E-state index in [4.69, 9.17) is 5.11 Å². The third-order valence-corrected chi connectivity index (χ3v) is 2.36. The van der Waals surface area contributed by atoms with Crippen LogP contribution in [0.3, 0.4) is 0 Å². The molecule has 18 heavy (non-hydrogen) atoms. The van der Waals surface area contributed by atoms with E-state index in [9.17, 15) is 30.2 Å². The number of aliphatic hydroxyl groups is 3. The Bertz CT molecular complexity index is 474. The van der Waals surface area contributed by atoms with E-state index in [2.05, 4.69) is 0 Å². The van der Waals surface area contributed by atoms with Crippen LogP contribution in [0, 0.1) is 10.1 Å². The van der Waals surface area contributed by atoms with Crippen molar-refractivity contribution < 1.29 is 30.1 Å². The van der Waals surface area contributed by atoms with Crippen molar-refractivity contribution in [2.45, 2.75) is 12.2 Å². The number of carbonyl (C=O) groups is 1. The van der Waals surface area contributed by atoms with Crippen LogP contribution in [0.25, 0.3) is 0 Å². The number of rotatable bonds is 5. The van der Waals surface area contributed by atoms with E-state index in [-0.39, 0.29) is 11.8 Å². The molecule has 0 saturated carbocycles. The molecule has 0 saturated heterocycles. The van der Waals surface area contributed by atoms with Crippen LogP contribution >= 0.6 is 0 Å². The smallest absolute Gasteiger partial charge is 0.270 e. The average Bonchev–Trinajstić information content (AvgIpc) is 2.36. The fourth-order valence-corrected chi connectivity index (χ4v) is 1.39. The summed E-state index contributed by atoms with van der Waals surface area (Å²) in [5, 5.41) is 47.7. The molecule has 2 atom stereocenters. The molecule has 0 aliphatic heterocycles. The molecule has 0 fully saturated rings. The highest BCUT2D eigenvalue weighted by Crippen LogP contribution is 2.33. The zero-order valence-corrected chi connectivity index (χ0v) is 9.05. The summed E-state index contributed by atoms with van der Waals surface area (Å²) < 4.78 is 0. The predicted octanol–water partition coefficient (Wildman–Crippen LogP) is -0.501. The van der Waals surface area contributed by atoms with Crippen molar-refractivity contribution in [3.8, 4) is 5.75 Å². The topological polar surface area (TPSA) is 141 Å². The largest absolute Gasteiger partial charge is 0.507 e. The molecule has 1 aromatic carbocycles. The Kier molecular flexibility index (Phi) is 4.32. The van der Waals surface area contributed by atoms with Gasteiger partial charge >= 0.3 is 0 Å². The van der Waals surface area contributed by atoms with E-state index in [1.54, 1.807) is 0 Å². The maximum Gasteiger partial charge on any atom is 0.270 e. The molecule has 2 unspecified atom stereocenters. The molecular formula is C10H11NO7. The normalized spacial score (nSPS) is 13.9. The minimum atomic E-state index is -1.74. The van der Waals surface area contributed by atoms with Gasteiger partial charge in [0.15, 0.2) is 6.29 Å². The number of phenolic OH excluding ortho intramolecular Hbond substituents is 1. The average molecular weight is 257 g/mol. The first-order valence-electron chi connectivity index (χ1n) is 4.85. The van der Waals surface area contributed by atoms with Crippen molar-refractivity contribution in [3.05, 3.63) is 33.4 Å². The summed E-state index contributed by atoms with van der Waals surface area (Å²) in [7, 11) is 0. The number of benzene rings is 1. The Hall–Kier alpha value is -2.03. The Morgan fingerprint density at radius 3 is 2.44 bits per heavy atom. The van der Waals surface area contributed by atoms with E-state index in [1.165, 1.54) is 0 Å². The first kappa shape index (κ1) is 14.0. The van der Waals surface area contributed by atoms with E-state index in [0.717, 1.165) is 12.1 Å². The first-order valence-corrected chi connectivity index (χ1v) is 4.85.